The fourth-order valence-electron chi connectivity index (χ4n) is 3.08. The molecule has 156 valence electrons. The lowest BCUT2D eigenvalue weighted by atomic mass is 10.1. The molecule has 1 aliphatic rings. The van der Waals surface area contributed by atoms with Gasteiger partial charge in [0.1, 0.15) is 0 Å². The topological polar surface area (TPSA) is 90.0 Å². The summed E-state index contributed by atoms with van der Waals surface area (Å²) in [7, 11) is 0. The predicted octanol–water partition coefficient (Wildman–Crippen LogP) is 3.40. The van der Waals surface area contributed by atoms with Gasteiger partial charge >= 0.3 is 11.9 Å². The van der Waals surface area contributed by atoms with Crippen molar-refractivity contribution in [2.45, 2.75) is 13.3 Å². The van der Waals surface area contributed by atoms with E-state index in [1.165, 1.54) is 4.90 Å². The smallest absolute Gasteiger partial charge is 0.338 e. The van der Waals surface area contributed by atoms with Crippen molar-refractivity contribution in [2.75, 3.05) is 24.7 Å². The second-order valence-electron chi connectivity index (χ2n) is 6.71. The number of hydrogen-bond acceptors (Lipinski definition) is 6. The first kappa shape index (κ1) is 21.7. The summed E-state index contributed by atoms with van der Waals surface area (Å²) in [6, 6.07) is 13.2. The van der Waals surface area contributed by atoms with Gasteiger partial charge in [0.25, 0.3) is 0 Å². The second kappa shape index (κ2) is 9.67. The molecule has 0 radical (unpaired) electrons. The standard InChI is InChI=1S/C22H20BrNO6/c1-2-29-21(27)15-5-9-18(10-6-15)24-12-16(11-20(24)26)22(28)30-13-19(25)14-3-7-17(23)8-4-14/h3-10,16H,2,11-13H2,1H3/t16-/m0/s1. The van der Waals surface area contributed by atoms with E-state index < -0.39 is 17.9 Å². The van der Waals surface area contributed by atoms with Gasteiger partial charge in [0, 0.05) is 28.7 Å². The monoisotopic (exact) mass is 473 g/mol. The molecule has 0 saturated carbocycles. The molecule has 1 fully saturated rings. The molecule has 2 aromatic rings. The number of halogens is 1. The number of anilines is 1. The zero-order chi connectivity index (χ0) is 21.7. The molecule has 0 N–H and O–H groups in total. The van der Waals surface area contributed by atoms with E-state index in [0.717, 1.165) is 4.47 Å². The van der Waals surface area contributed by atoms with Crippen LogP contribution in [0.25, 0.3) is 0 Å². The summed E-state index contributed by atoms with van der Waals surface area (Å²) in [6.07, 6.45) is 0.00490. The Kier molecular flexibility index (Phi) is 6.99. The first-order valence-electron chi connectivity index (χ1n) is 9.42. The van der Waals surface area contributed by atoms with Gasteiger partial charge < -0.3 is 14.4 Å². The minimum atomic E-state index is -0.653. The van der Waals surface area contributed by atoms with Crippen molar-refractivity contribution < 1.29 is 28.7 Å². The molecule has 0 spiro atoms. The Hall–Kier alpha value is -3.00. The summed E-state index contributed by atoms with van der Waals surface area (Å²) in [5.74, 6) is -2.21. The largest absolute Gasteiger partial charge is 0.462 e. The molecular formula is C22H20BrNO6. The van der Waals surface area contributed by atoms with Gasteiger partial charge in [-0.3, -0.25) is 14.4 Å². The summed E-state index contributed by atoms with van der Waals surface area (Å²) >= 11 is 3.29. The molecule has 1 aliphatic heterocycles. The van der Waals surface area contributed by atoms with Gasteiger partial charge in [-0.15, -0.1) is 0 Å². The van der Waals surface area contributed by atoms with Crippen LogP contribution < -0.4 is 4.90 Å². The van der Waals surface area contributed by atoms with Crippen LogP contribution in [0.2, 0.25) is 0 Å². The van der Waals surface area contributed by atoms with Crippen molar-refractivity contribution in [3.8, 4) is 0 Å². The number of ether oxygens (including phenoxy) is 2. The Morgan fingerprint density at radius 2 is 1.63 bits per heavy atom. The average Bonchev–Trinajstić information content (AvgIpc) is 3.14. The van der Waals surface area contributed by atoms with E-state index in [2.05, 4.69) is 15.9 Å². The maximum atomic E-state index is 12.4. The number of hydrogen-bond donors (Lipinski definition) is 0. The zero-order valence-corrected chi connectivity index (χ0v) is 17.9. The number of Topliss-reactive ketones (excluding diaryl/α,β-unsaturated/α-hetero) is 1. The van der Waals surface area contributed by atoms with E-state index in [-0.39, 0.29) is 37.9 Å². The van der Waals surface area contributed by atoms with Crippen molar-refractivity contribution in [3.63, 3.8) is 0 Å². The summed E-state index contributed by atoms with van der Waals surface area (Å²) < 4.78 is 10.9. The molecule has 0 bridgehead atoms. The minimum Gasteiger partial charge on any atom is -0.462 e. The molecule has 0 unspecified atom stereocenters. The summed E-state index contributed by atoms with van der Waals surface area (Å²) in [4.78, 5) is 50.1. The van der Waals surface area contributed by atoms with E-state index in [0.29, 0.717) is 16.8 Å². The maximum Gasteiger partial charge on any atom is 0.338 e. The van der Waals surface area contributed by atoms with Crippen LogP contribution in [0.3, 0.4) is 0 Å². The molecule has 3 rings (SSSR count). The Bertz CT molecular complexity index is 955. The molecule has 7 nitrogen and oxygen atoms in total. The first-order valence-corrected chi connectivity index (χ1v) is 10.2. The van der Waals surface area contributed by atoms with Crippen molar-refractivity contribution in [3.05, 3.63) is 64.1 Å². The number of ketones is 1. The van der Waals surface area contributed by atoms with Crippen molar-refractivity contribution in [1.29, 1.82) is 0 Å². The van der Waals surface area contributed by atoms with Crippen molar-refractivity contribution in [1.82, 2.24) is 0 Å². The molecule has 0 aliphatic carbocycles. The van der Waals surface area contributed by atoms with Gasteiger partial charge in [0.2, 0.25) is 5.91 Å². The number of nitrogens with zero attached hydrogens (tertiary/aromatic N) is 1. The quantitative estimate of drug-likeness (QED) is 0.452. The fraction of sp³-hybridized carbons (Fsp3) is 0.273. The van der Waals surface area contributed by atoms with E-state index >= 15 is 0 Å². The molecule has 30 heavy (non-hydrogen) atoms. The highest BCUT2D eigenvalue weighted by Gasteiger charge is 2.36. The average molecular weight is 474 g/mol. The third-order valence-corrected chi connectivity index (χ3v) is 5.19. The molecule has 0 aromatic heterocycles. The number of esters is 2. The number of carbonyl (C=O) groups is 4. The Morgan fingerprint density at radius 3 is 2.27 bits per heavy atom. The van der Waals surface area contributed by atoms with Gasteiger partial charge in [-0.25, -0.2) is 4.79 Å². The second-order valence-corrected chi connectivity index (χ2v) is 7.63. The van der Waals surface area contributed by atoms with Crippen LogP contribution in [0.15, 0.2) is 53.0 Å². The van der Waals surface area contributed by atoms with E-state index in [9.17, 15) is 19.2 Å². The van der Waals surface area contributed by atoms with E-state index in [4.69, 9.17) is 9.47 Å². The predicted molar refractivity (Wildman–Crippen MR) is 112 cm³/mol. The fourth-order valence-corrected chi connectivity index (χ4v) is 3.34. The van der Waals surface area contributed by atoms with E-state index in [1.807, 2.05) is 0 Å². The zero-order valence-electron chi connectivity index (χ0n) is 16.3. The highest BCUT2D eigenvalue weighted by molar-refractivity contribution is 9.10. The summed E-state index contributed by atoms with van der Waals surface area (Å²) in [5, 5.41) is 0. The molecular weight excluding hydrogens is 454 g/mol. The van der Waals surface area contributed by atoms with Gasteiger partial charge in [-0.2, -0.15) is 0 Å². The SMILES string of the molecule is CCOC(=O)c1ccc(N2C[C@@H](C(=O)OCC(=O)c3ccc(Br)cc3)CC2=O)cc1. The molecule has 1 heterocycles. The Labute approximate surface area is 182 Å². The van der Waals surface area contributed by atoms with Gasteiger partial charge in [-0.05, 0) is 43.3 Å². The third-order valence-electron chi connectivity index (χ3n) is 4.66. The summed E-state index contributed by atoms with van der Waals surface area (Å²) in [6.45, 7) is 1.78. The van der Waals surface area contributed by atoms with Gasteiger partial charge in [0.05, 0.1) is 18.1 Å². The minimum absolute atomic E-state index is 0.00490. The Balaban J connectivity index is 1.57. The van der Waals surface area contributed by atoms with Crippen LogP contribution in [-0.4, -0.2) is 43.4 Å². The van der Waals surface area contributed by atoms with Gasteiger partial charge in [0.15, 0.2) is 12.4 Å². The number of carbonyl (C=O) groups excluding carboxylic acids is 4. The molecule has 1 atom stereocenters. The van der Waals surface area contributed by atoms with Crippen molar-refractivity contribution in [2.24, 2.45) is 5.92 Å². The first-order chi connectivity index (χ1) is 14.4. The number of amides is 1. The lowest BCUT2D eigenvalue weighted by Crippen LogP contribution is -2.27. The number of rotatable bonds is 7. The van der Waals surface area contributed by atoms with Gasteiger partial charge in [-0.1, -0.05) is 28.1 Å². The third kappa shape index (κ3) is 5.13. The van der Waals surface area contributed by atoms with Crippen molar-refractivity contribution >= 4 is 45.2 Å². The maximum absolute atomic E-state index is 12.4. The molecule has 1 saturated heterocycles. The lowest BCUT2D eigenvalue weighted by Gasteiger charge is -2.17. The number of benzene rings is 2. The Morgan fingerprint density at radius 1 is 1.00 bits per heavy atom. The van der Waals surface area contributed by atoms with Crippen LogP contribution in [0.5, 0.6) is 0 Å². The van der Waals surface area contributed by atoms with Crippen LogP contribution >= 0.6 is 15.9 Å². The van der Waals surface area contributed by atoms with Crippen LogP contribution in [0.1, 0.15) is 34.1 Å². The lowest BCUT2D eigenvalue weighted by molar-refractivity contribution is -0.147. The molecule has 8 heteroatoms. The van der Waals surface area contributed by atoms with Crippen LogP contribution in [0.4, 0.5) is 5.69 Å². The molecule has 1 amide bonds. The highest BCUT2D eigenvalue weighted by atomic mass is 79.9. The van der Waals surface area contributed by atoms with Crippen LogP contribution in [-0.2, 0) is 19.1 Å². The molecule has 2 aromatic carbocycles. The summed E-state index contributed by atoms with van der Waals surface area (Å²) in [5.41, 5.74) is 1.40. The van der Waals surface area contributed by atoms with E-state index in [1.54, 1.807) is 55.5 Å². The normalized spacial score (nSPS) is 15.7. The van der Waals surface area contributed by atoms with Crippen LogP contribution in [0, 0.1) is 5.92 Å². The highest BCUT2D eigenvalue weighted by Crippen LogP contribution is 2.26.